The Bertz CT molecular complexity index is 3640. The van der Waals surface area contributed by atoms with Crippen molar-refractivity contribution in [1.82, 2.24) is 19.5 Å². The zero-order chi connectivity index (χ0) is 44.0. The fourth-order valence-electron chi connectivity index (χ4n) is 7.63. The summed E-state index contributed by atoms with van der Waals surface area (Å²) in [6.45, 7) is 0. The van der Waals surface area contributed by atoms with E-state index in [1.54, 1.807) is 22.0 Å². The minimum absolute atomic E-state index is 0.00415. The molecular formula is C51H32N4S. The first-order chi connectivity index (χ1) is 31.1. The number of benzene rings is 8. The number of fused-ring (bicyclic) bond motifs is 6. The van der Waals surface area contributed by atoms with Crippen LogP contribution in [0.1, 0.15) is 11.0 Å². The van der Waals surface area contributed by atoms with Gasteiger partial charge in [-0.15, -0.1) is 11.3 Å². The van der Waals surface area contributed by atoms with Gasteiger partial charge < -0.3 is 4.57 Å². The van der Waals surface area contributed by atoms with Gasteiger partial charge in [0.25, 0.3) is 0 Å². The molecule has 11 aromatic rings. The van der Waals surface area contributed by atoms with Gasteiger partial charge in [0.15, 0.2) is 17.5 Å². The quantitative estimate of drug-likeness (QED) is 0.170. The molecule has 4 nitrogen and oxygen atoms in total. The van der Waals surface area contributed by atoms with Crippen molar-refractivity contribution in [3.8, 4) is 62.1 Å². The van der Waals surface area contributed by atoms with Crippen molar-refractivity contribution in [2.45, 2.75) is 0 Å². The number of hydrogen-bond acceptors (Lipinski definition) is 4. The first kappa shape index (κ1) is 25.0. The first-order valence-electron chi connectivity index (χ1n) is 22.1. The molecule has 262 valence electrons. The normalized spacial score (nSPS) is 13.6. The summed E-state index contributed by atoms with van der Waals surface area (Å²) in [5.41, 5.74) is 5.61. The third-order valence-corrected chi connectivity index (χ3v) is 11.3. The molecule has 0 aliphatic heterocycles. The maximum absolute atomic E-state index is 9.37. The van der Waals surface area contributed by atoms with E-state index < -0.39 is 48.3 Å². The zero-order valence-electron chi connectivity index (χ0n) is 37.6. The van der Waals surface area contributed by atoms with Crippen LogP contribution in [0.5, 0.6) is 0 Å². The number of thiophene rings is 1. The molecule has 0 atom stereocenters. The molecule has 0 aliphatic rings. The van der Waals surface area contributed by atoms with E-state index in [1.165, 1.54) is 0 Å². The summed E-state index contributed by atoms with van der Waals surface area (Å²) in [6.07, 6.45) is 0. The highest BCUT2D eigenvalue weighted by Crippen LogP contribution is 2.44. The maximum Gasteiger partial charge on any atom is 0.166 e. The summed E-state index contributed by atoms with van der Waals surface area (Å²) in [7, 11) is 0. The van der Waals surface area contributed by atoms with Crippen LogP contribution in [-0.2, 0) is 0 Å². The van der Waals surface area contributed by atoms with Crippen LogP contribution >= 0.6 is 11.3 Å². The minimum atomic E-state index is -0.514. The molecule has 0 fully saturated rings. The molecule has 0 spiro atoms. The standard InChI is InChI=1S/C51H32N4S/c1-3-16-33(17-4-1)36-20-7-8-21-37(36)42-25-15-28-45(55-43-26-12-9-22-38(43)39-23-10-13-27-44(39)55)48(42)51-53-49(34-18-5-2-6-19-34)52-50(54-51)35-30-31-41-40-24-11-14-29-46(40)56-47(41)32-35/h1-32H/i9D,10D,12D,13D,22D,23D,26D,27D. The lowest BCUT2D eigenvalue weighted by Crippen LogP contribution is -2.05. The molecule has 0 amide bonds. The monoisotopic (exact) mass is 740 g/mol. The summed E-state index contributed by atoms with van der Waals surface area (Å²) in [6, 6.07) is 43.9. The van der Waals surface area contributed by atoms with Crippen molar-refractivity contribution in [2.24, 2.45) is 0 Å². The van der Waals surface area contributed by atoms with Gasteiger partial charge in [0.2, 0.25) is 0 Å². The number of rotatable bonds is 6. The van der Waals surface area contributed by atoms with Gasteiger partial charge in [-0.3, -0.25) is 0 Å². The van der Waals surface area contributed by atoms with Gasteiger partial charge in [-0.25, -0.2) is 15.0 Å². The molecule has 0 unspecified atom stereocenters. The molecule has 0 saturated heterocycles. The fourth-order valence-corrected chi connectivity index (χ4v) is 8.78. The second-order valence-electron chi connectivity index (χ2n) is 13.4. The van der Waals surface area contributed by atoms with Crippen LogP contribution in [-0.4, -0.2) is 19.5 Å². The molecule has 11 rings (SSSR count). The molecule has 8 aromatic carbocycles. The summed E-state index contributed by atoms with van der Waals surface area (Å²) in [5.74, 6) is 1.02. The molecule has 0 radical (unpaired) electrons. The number of hydrogen-bond donors (Lipinski definition) is 0. The van der Waals surface area contributed by atoms with E-state index in [0.29, 0.717) is 28.5 Å². The predicted octanol–water partition coefficient (Wildman–Crippen LogP) is 13.7. The highest BCUT2D eigenvalue weighted by molar-refractivity contribution is 7.25. The third kappa shape index (κ3) is 5.32. The van der Waals surface area contributed by atoms with E-state index in [4.69, 9.17) is 23.2 Å². The Labute approximate surface area is 338 Å². The molecular weight excluding hydrogens is 701 g/mol. The lowest BCUT2D eigenvalue weighted by molar-refractivity contribution is 1.07. The summed E-state index contributed by atoms with van der Waals surface area (Å²) < 4.78 is 75.8. The molecule has 0 bridgehead atoms. The van der Waals surface area contributed by atoms with Crippen molar-refractivity contribution in [3.05, 3.63) is 194 Å². The Balaban J connectivity index is 1.31. The Hall–Kier alpha value is -7.21. The lowest BCUT2D eigenvalue weighted by Gasteiger charge is -2.20. The van der Waals surface area contributed by atoms with E-state index in [-0.39, 0.29) is 27.6 Å². The topological polar surface area (TPSA) is 43.6 Å². The van der Waals surface area contributed by atoms with Gasteiger partial charge in [0.05, 0.1) is 33.3 Å². The highest BCUT2D eigenvalue weighted by Gasteiger charge is 2.24. The Morgan fingerprint density at radius 2 is 0.982 bits per heavy atom. The smallest absolute Gasteiger partial charge is 0.166 e. The van der Waals surface area contributed by atoms with Gasteiger partial charge in [0, 0.05) is 42.1 Å². The zero-order valence-corrected chi connectivity index (χ0v) is 30.4. The minimum Gasteiger partial charge on any atom is -0.308 e. The lowest BCUT2D eigenvalue weighted by atomic mass is 9.90. The average molecular weight is 741 g/mol. The van der Waals surface area contributed by atoms with Gasteiger partial charge in [-0.1, -0.05) is 164 Å². The summed E-state index contributed by atoms with van der Waals surface area (Å²) in [5, 5.41) is 2.24. The number of nitrogens with zero attached hydrogens (tertiary/aromatic N) is 4. The van der Waals surface area contributed by atoms with Crippen molar-refractivity contribution in [1.29, 1.82) is 0 Å². The van der Waals surface area contributed by atoms with Crippen LogP contribution < -0.4 is 0 Å². The molecule has 0 aliphatic carbocycles. The summed E-state index contributed by atoms with van der Waals surface area (Å²) in [4.78, 5) is 15.6. The van der Waals surface area contributed by atoms with Gasteiger partial charge >= 0.3 is 0 Å². The average Bonchev–Trinajstić information content (AvgIpc) is 3.90. The van der Waals surface area contributed by atoms with Crippen molar-refractivity contribution < 1.29 is 11.0 Å². The van der Waals surface area contributed by atoms with Gasteiger partial charge in [-0.2, -0.15) is 0 Å². The van der Waals surface area contributed by atoms with Crippen LogP contribution in [0.2, 0.25) is 0 Å². The second kappa shape index (κ2) is 13.3. The largest absolute Gasteiger partial charge is 0.308 e. The highest BCUT2D eigenvalue weighted by atomic mass is 32.1. The molecule has 0 N–H and O–H groups in total. The van der Waals surface area contributed by atoms with Crippen LogP contribution in [0.3, 0.4) is 0 Å². The van der Waals surface area contributed by atoms with Crippen LogP contribution in [0.4, 0.5) is 0 Å². The third-order valence-electron chi connectivity index (χ3n) is 10.1. The number of aromatic nitrogens is 4. The maximum atomic E-state index is 9.37. The van der Waals surface area contributed by atoms with E-state index in [1.807, 2.05) is 115 Å². The predicted molar refractivity (Wildman–Crippen MR) is 234 cm³/mol. The molecule has 3 aromatic heterocycles. The summed E-state index contributed by atoms with van der Waals surface area (Å²) >= 11 is 1.68. The van der Waals surface area contributed by atoms with Crippen molar-refractivity contribution in [2.75, 3.05) is 0 Å². The van der Waals surface area contributed by atoms with Crippen LogP contribution in [0, 0.1) is 0 Å². The van der Waals surface area contributed by atoms with Crippen LogP contribution in [0.25, 0.3) is 104 Å². The van der Waals surface area contributed by atoms with E-state index in [2.05, 4.69) is 24.3 Å². The first-order valence-corrected chi connectivity index (χ1v) is 18.9. The molecule has 0 saturated carbocycles. The molecule has 3 heterocycles. The fraction of sp³-hybridized carbons (Fsp3) is 0. The van der Waals surface area contributed by atoms with Gasteiger partial charge in [0.1, 0.15) is 0 Å². The number of para-hydroxylation sites is 2. The van der Waals surface area contributed by atoms with Crippen molar-refractivity contribution in [3.63, 3.8) is 0 Å². The Morgan fingerprint density at radius 1 is 0.411 bits per heavy atom. The van der Waals surface area contributed by atoms with E-state index in [0.717, 1.165) is 48.0 Å². The van der Waals surface area contributed by atoms with E-state index >= 15 is 0 Å². The Kier molecular flexibility index (Phi) is 5.92. The van der Waals surface area contributed by atoms with E-state index in [9.17, 15) is 2.74 Å². The second-order valence-corrected chi connectivity index (χ2v) is 14.5. The van der Waals surface area contributed by atoms with Gasteiger partial charge in [-0.05, 0) is 52.5 Å². The molecule has 5 heteroatoms. The SMILES string of the molecule is [2H]c1c([2H])c([2H])c2c(c1[2H])c1c([2H])c([2H])c([2H])c([2H])c1n2-c1cccc(-c2ccccc2-c2ccccc2)c1-c1nc(-c2ccccc2)nc(-c2ccc3c(c2)sc2ccccc23)n1. The van der Waals surface area contributed by atoms with Crippen molar-refractivity contribution >= 4 is 53.3 Å². The molecule has 56 heavy (non-hydrogen) atoms. The Morgan fingerprint density at radius 3 is 1.73 bits per heavy atom. The van der Waals surface area contributed by atoms with Crippen LogP contribution in [0.15, 0.2) is 194 Å².